The molecule has 0 fully saturated rings. The van der Waals surface area contributed by atoms with Crippen LogP contribution in [0.2, 0.25) is 0 Å². The van der Waals surface area contributed by atoms with Crippen LogP contribution in [-0.2, 0) is 0 Å². The normalized spacial score (nSPS) is 10.5. The predicted octanol–water partition coefficient (Wildman–Crippen LogP) is 1.78. The van der Waals surface area contributed by atoms with E-state index in [4.69, 9.17) is 0 Å². The number of anilines is 1. The third kappa shape index (κ3) is 3.77. The smallest absolute Gasteiger partial charge is 0.257 e. The van der Waals surface area contributed by atoms with Gasteiger partial charge in [-0.15, -0.1) is 0 Å². The van der Waals surface area contributed by atoms with Crippen LogP contribution in [0.1, 0.15) is 10.4 Å². The topological polar surface area (TPSA) is 84.7 Å². The Morgan fingerprint density at radius 1 is 1.00 bits per heavy atom. The molecule has 2 aromatic carbocycles. The van der Waals surface area contributed by atoms with E-state index in [-0.39, 0.29) is 13.1 Å². The molecule has 0 aliphatic carbocycles. The number of rotatable bonds is 6. The van der Waals surface area contributed by atoms with Crippen LogP contribution in [0.3, 0.4) is 0 Å². The van der Waals surface area contributed by atoms with E-state index in [1.165, 1.54) is 10.7 Å². The fourth-order valence-electron chi connectivity index (χ4n) is 2.19. The number of hydrogen-bond donors (Lipinski definition) is 2. The first-order valence-electron chi connectivity index (χ1n) is 7.46. The largest absolute Gasteiger partial charge is 0.351 e. The maximum absolute atomic E-state index is 13.5. The maximum atomic E-state index is 13.5. The summed E-state index contributed by atoms with van der Waals surface area (Å²) in [6.07, 6.45) is 0. The Morgan fingerprint density at radius 3 is 2.44 bits per heavy atom. The molecular weight excluding hydrogens is 330 g/mol. The average Bonchev–Trinajstić information content (AvgIpc) is 3.08. The van der Waals surface area contributed by atoms with Crippen LogP contribution >= 0.6 is 0 Å². The number of carbonyl (C=O) groups excluding carboxylic acids is 1. The molecule has 25 heavy (non-hydrogen) atoms. The Hall–Kier alpha value is -3.36. The van der Waals surface area contributed by atoms with Crippen molar-refractivity contribution in [3.8, 4) is 5.69 Å². The minimum atomic E-state index is -0.904. The maximum Gasteiger partial charge on any atom is 0.257 e. The molecule has 0 aliphatic rings. The Kier molecular flexibility index (Phi) is 4.93. The number of hydrogen-bond acceptors (Lipinski definition) is 5. The summed E-state index contributed by atoms with van der Waals surface area (Å²) in [5.74, 6) is -2.24. The predicted molar refractivity (Wildman–Crippen MR) is 86.3 cm³/mol. The molecule has 2 N–H and O–H groups in total. The van der Waals surface area contributed by atoms with E-state index < -0.39 is 23.1 Å². The van der Waals surface area contributed by atoms with E-state index in [9.17, 15) is 13.6 Å². The Balaban J connectivity index is 1.56. The molecule has 0 unspecified atom stereocenters. The number of para-hydroxylation sites is 1. The van der Waals surface area contributed by atoms with Crippen LogP contribution in [0.15, 0.2) is 48.5 Å². The van der Waals surface area contributed by atoms with Gasteiger partial charge in [0, 0.05) is 13.1 Å². The average molecular weight is 344 g/mol. The minimum absolute atomic E-state index is 0.133. The second-order valence-electron chi connectivity index (χ2n) is 5.03. The van der Waals surface area contributed by atoms with Crippen LogP contribution in [0.4, 0.5) is 14.7 Å². The van der Waals surface area contributed by atoms with E-state index in [1.54, 1.807) is 0 Å². The standard InChI is InChI=1S/C16H14F2N6O/c17-12-7-4-8-13(18)14(12)15(25)19-9-10-20-16-21-22-23-24(16)11-5-2-1-3-6-11/h1-8H,9-10H2,(H,19,25)(H,20,21,23). The van der Waals surface area contributed by atoms with Crippen molar-refractivity contribution in [3.05, 3.63) is 65.7 Å². The zero-order valence-corrected chi connectivity index (χ0v) is 13.0. The first-order valence-corrected chi connectivity index (χ1v) is 7.46. The molecule has 3 rings (SSSR count). The lowest BCUT2D eigenvalue weighted by atomic mass is 10.2. The highest BCUT2D eigenvalue weighted by Gasteiger charge is 2.16. The molecule has 128 valence electrons. The van der Waals surface area contributed by atoms with Crippen LogP contribution in [-0.4, -0.2) is 39.2 Å². The number of aromatic nitrogens is 4. The Bertz CT molecular complexity index is 848. The zero-order chi connectivity index (χ0) is 17.6. The molecule has 1 aromatic heterocycles. The molecule has 7 nitrogen and oxygen atoms in total. The van der Waals surface area contributed by atoms with Crippen molar-refractivity contribution < 1.29 is 13.6 Å². The zero-order valence-electron chi connectivity index (χ0n) is 13.0. The second-order valence-corrected chi connectivity index (χ2v) is 5.03. The number of halogens is 2. The highest BCUT2D eigenvalue weighted by molar-refractivity contribution is 5.94. The van der Waals surface area contributed by atoms with Crippen LogP contribution in [0.25, 0.3) is 5.69 Å². The third-order valence-electron chi connectivity index (χ3n) is 3.35. The summed E-state index contributed by atoms with van der Waals surface area (Å²) < 4.78 is 28.6. The van der Waals surface area contributed by atoms with Gasteiger partial charge in [0.2, 0.25) is 5.95 Å². The monoisotopic (exact) mass is 344 g/mol. The molecule has 1 heterocycles. The van der Waals surface area contributed by atoms with Crippen molar-refractivity contribution in [2.24, 2.45) is 0 Å². The van der Waals surface area contributed by atoms with Gasteiger partial charge in [-0.2, -0.15) is 4.68 Å². The summed E-state index contributed by atoms with van der Waals surface area (Å²) >= 11 is 0. The summed E-state index contributed by atoms with van der Waals surface area (Å²) in [5, 5.41) is 16.7. The van der Waals surface area contributed by atoms with E-state index in [0.29, 0.717) is 5.95 Å². The van der Waals surface area contributed by atoms with Gasteiger partial charge in [-0.1, -0.05) is 29.4 Å². The van der Waals surface area contributed by atoms with Gasteiger partial charge in [-0.3, -0.25) is 4.79 Å². The van der Waals surface area contributed by atoms with E-state index in [0.717, 1.165) is 17.8 Å². The molecule has 0 saturated carbocycles. The first kappa shape index (κ1) is 16.5. The lowest BCUT2D eigenvalue weighted by Gasteiger charge is -2.09. The molecular formula is C16H14F2N6O. The molecule has 1 amide bonds. The molecule has 0 saturated heterocycles. The van der Waals surface area contributed by atoms with Crippen molar-refractivity contribution in [2.45, 2.75) is 0 Å². The second kappa shape index (κ2) is 7.47. The summed E-state index contributed by atoms with van der Waals surface area (Å²) in [6.45, 7) is 0.406. The molecule has 9 heteroatoms. The molecule has 3 aromatic rings. The van der Waals surface area contributed by atoms with Crippen molar-refractivity contribution in [1.29, 1.82) is 0 Å². The number of amides is 1. The number of nitrogens with zero attached hydrogens (tertiary/aromatic N) is 4. The SMILES string of the molecule is O=C(NCCNc1nnnn1-c1ccccc1)c1c(F)cccc1F. The highest BCUT2D eigenvalue weighted by Crippen LogP contribution is 2.12. The van der Waals surface area contributed by atoms with Crippen molar-refractivity contribution in [1.82, 2.24) is 25.5 Å². The molecule has 0 bridgehead atoms. The molecule has 0 spiro atoms. The summed E-state index contributed by atoms with van der Waals surface area (Å²) in [4.78, 5) is 11.9. The van der Waals surface area contributed by atoms with E-state index >= 15 is 0 Å². The molecule has 0 atom stereocenters. The van der Waals surface area contributed by atoms with Gasteiger partial charge in [-0.05, 0) is 34.7 Å². The van der Waals surface area contributed by atoms with Crippen LogP contribution < -0.4 is 10.6 Å². The number of nitrogens with one attached hydrogen (secondary N) is 2. The van der Waals surface area contributed by atoms with Gasteiger partial charge >= 0.3 is 0 Å². The Labute approximate surface area is 141 Å². The van der Waals surface area contributed by atoms with Crippen molar-refractivity contribution in [2.75, 3.05) is 18.4 Å². The Morgan fingerprint density at radius 2 is 1.72 bits per heavy atom. The molecule has 0 radical (unpaired) electrons. The van der Waals surface area contributed by atoms with Gasteiger partial charge in [0.1, 0.15) is 17.2 Å². The quantitative estimate of drug-likeness (QED) is 0.666. The van der Waals surface area contributed by atoms with Crippen molar-refractivity contribution >= 4 is 11.9 Å². The van der Waals surface area contributed by atoms with Crippen LogP contribution in [0, 0.1) is 11.6 Å². The first-order chi connectivity index (χ1) is 12.2. The number of benzene rings is 2. The summed E-state index contributed by atoms with van der Waals surface area (Å²) in [6, 6.07) is 12.5. The lowest BCUT2D eigenvalue weighted by molar-refractivity contribution is 0.0946. The number of carbonyl (C=O) groups is 1. The molecule has 0 aliphatic heterocycles. The van der Waals surface area contributed by atoms with Crippen LogP contribution in [0.5, 0.6) is 0 Å². The van der Waals surface area contributed by atoms with Gasteiger partial charge < -0.3 is 10.6 Å². The van der Waals surface area contributed by atoms with Gasteiger partial charge in [-0.25, -0.2) is 8.78 Å². The van der Waals surface area contributed by atoms with E-state index in [2.05, 4.69) is 26.2 Å². The van der Waals surface area contributed by atoms with Gasteiger partial charge in [0.05, 0.1) is 5.69 Å². The van der Waals surface area contributed by atoms with E-state index in [1.807, 2.05) is 30.3 Å². The van der Waals surface area contributed by atoms with Gasteiger partial charge in [0.15, 0.2) is 0 Å². The lowest BCUT2D eigenvalue weighted by Crippen LogP contribution is -2.30. The number of tetrazole rings is 1. The summed E-state index contributed by atoms with van der Waals surface area (Å²) in [7, 11) is 0. The fourth-order valence-corrected chi connectivity index (χ4v) is 2.19. The highest BCUT2D eigenvalue weighted by atomic mass is 19.1. The third-order valence-corrected chi connectivity index (χ3v) is 3.35. The van der Waals surface area contributed by atoms with Gasteiger partial charge in [0.25, 0.3) is 5.91 Å². The minimum Gasteiger partial charge on any atom is -0.351 e. The fraction of sp³-hybridized carbons (Fsp3) is 0.125. The summed E-state index contributed by atoms with van der Waals surface area (Å²) in [5.41, 5.74) is 0.170. The van der Waals surface area contributed by atoms with Crippen molar-refractivity contribution in [3.63, 3.8) is 0 Å².